The zero-order valence-electron chi connectivity index (χ0n) is 15.1. The molecule has 1 atom stereocenters. The van der Waals surface area contributed by atoms with Crippen molar-refractivity contribution in [3.63, 3.8) is 0 Å². The minimum atomic E-state index is -3.80. The number of piperazine rings is 1. The number of anilines is 1. The quantitative estimate of drug-likeness (QED) is 0.889. The molecule has 0 radical (unpaired) electrons. The van der Waals surface area contributed by atoms with E-state index in [4.69, 9.17) is 0 Å². The van der Waals surface area contributed by atoms with Crippen LogP contribution in [0.25, 0.3) is 0 Å². The third kappa shape index (κ3) is 3.32. The van der Waals surface area contributed by atoms with Gasteiger partial charge in [0.25, 0.3) is 0 Å². The summed E-state index contributed by atoms with van der Waals surface area (Å²) in [6.45, 7) is 2.42. The number of benzene rings is 2. The van der Waals surface area contributed by atoms with Gasteiger partial charge < -0.3 is 10.2 Å². The highest BCUT2D eigenvalue weighted by atomic mass is 32.2. The van der Waals surface area contributed by atoms with Gasteiger partial charge in [-0.25, -0.2) is 8.42 Å². The Balaban J connectivity index is 2.03. The predicted octanol–water partition coefficient (Wildman–Crippen LogP) is 1.92. The molecule has 6 nitrogen and oxygen atoms in total. The molecule has 1 fully saturated rings. The second-order valence-electron chi connectivity index (χ2n) is 6.55. The second-order valence-corrected chi connectivity index (χ2v) is 8.44. The molecule has 0 aromatic heterocycles. The van der Waals surface area contributed by atoms with E-state index in [1.165, 1.54) is 4.31 Å². The van der Waals surface area contributed by atoms with Crippen LogP contribution in [0.3, 0.4) is 0 Å². The molecule has 26 heavy (non-hydrogen) atoms. The third-order valence-corrected chi connectivity index (χ3v) is 6.49. The molecule has 0 spiro atoms. The molecule has 2 aromatic rings. The fourth-order valence-corrected chi connectivity index (χ4v) is 4.72. The maximum Gasteiger partial charge on any atom is 0.244 e. The summed E-state index contributed by atoms with van der Waals surface area (Å²) in [7, 11) is -0.00646. The summed E-state index contributed by atoms with van der Waals surface area (Å²) >= 11 is 0. The lowest BCUT2D eigenvalue weighted by Gasteiger charge is -2.35. The van der Waals surface area contributed by atoms with Crippen molar-refractivity contribution in [1.29, 1.82) is 0 Å². The first-order chi connectivity index (χ1) is 12.3. The number of rotatable bonds is 4. The smallest absolute Gasteiger partial charge is 0.244 e. The summed E-state index contributed by atoms with van der Waals surface area (Å²) < 4.78 is 27.8. The van der Waals surface area contributed by atoms with Crippen molar-refractivity contribution in [3.8, 4) is 0 Å². The number of hydrogen-bond acceptors (Lipinski definition) is 4. The van der Waals surface area contributed by atoms with E-state index in [1.54, 1.807) is 24.3 Å². The van der Waals surface area contributed by atoms with Crippen molar-refractivity contribution < 1.29 is 13.2 Å². The van der Waals surface area contributed by atoms with Crippen LogP contribution in [0.2, 0.25) is 0 Å². The Morgan fingerprint density at radius 2 is 1.73 bits per heavy atom. The number of sulfonamides is 1. The van der Waals surface area contributed by atoms with Crippen molar-refractivity contribution >= 4 is 21.6 Å². The molecular weight excluding hydrogens is 350 g/mol. The van der Waals surface area contributed by atoms with Crippen LogP contribution in [0.15, 0.2) is 53.4 Å². The summed E-state index contributed by atoms with van der Waals surface area (Å²) in [5.74, 6) is -0.293. The minimum Gasteiger partial charge on any atom is -0.378 e. The molecule has 0 bridgehead atoms. The van der Waals surface area contributed by atoms with Gasteiger partial charge in [-0.05, 0) is 42.3 Å². The van der Waals surface area contributed by atoms with Gasteiger partial charge in [0.2, 0.25) is 15.9 Å². The molecule has 138 valence electrons. The fraction of sp³-hybridized carbons (Fsp3) is 0.316. The number of hydrogen-bond donors (Lipinski definition) is 1. The van der Waals surface area contributed by atoms with Crippen LogP contribution in [-0.2, 0) is 14.8 Å². The lowest BCUT2D eigenvalue weighted by molar-refractivity contribution is -0.126. The number of carbonyl (C=O) groups excluding carboxylic acids is 1. The number of aryl methyl sites for hydroxylation is 1. The first kappa shape index (κ1) is 18.4. The van der Waals surface area contributed by atoms with Gasteiger partial charge in [0.1, 0.15) is 6.04 Å². The zero-order valence-corrected chi connectivity index (χ0v) is 16.0. The molecule has 0 saturated carbocycles. The van der Waals surface area contributed by atoms with E-state index in [0.29, 0.717) is 12.1 Å². The van der Waals surface area contributed by atoms with E-state index in [0.717, 1.165) is 11.3 Å². The van der Waals surface area contributed by atoms with Crippen molar-refractivity contribution in [2.75, 3.05) is 32.1 Å². The minimum absolute atomic E-state index is 0.191. The number of amides is 1. The molecule has 0 aliphatic carbocycles. The average molecular weight is 373 g/mol. The molecule has 1 unspecified atom stereocenters. The van der Waals surface area contributed by atoms with E-state index in [-0.39, 0.29) is 17.3 Å². The number of carbonyl (C=O) groups is 1. The molecule has 7 heteroatoms. The molecule has 1 saturated heterocycles. The summed E-state index contributed by atoms with van der Waals surface area (Å²) in [6, 6.07) is 13.2. The maximum atomic E-state index is 13.2. The first-order valence-corrected chi connectivity index (χ1v) is 9.89. The maximum absolute atomic E-state index is 13.2. The van der Waals surface area contributed by atoms with Crippen LogP contribution in [0, 0.1) is 6.92 Å². The van der Waals surface area contributed by atoms with Gasteiger partial charge in [0.05, 0.1) is 4.90 Å². The lowest BCUT2D eigenvalue weighted by Crippen LogP contribution is -2.52. The van der Waals surface area contributed by atoms with Crippen LogP contribution >= 0.6 is 0 Å². The van der Waals surface area contributed by atoms with E-state index in [1.807, 2.05) is 50.2 Å². The molecule has 1 heterocycles. The fourth-order valence-electron chi connectivity index (χ4n) is 3.15. The number of nitrogens with zero attached hydrogens (tertiary/aromatic N) is 2. The Bertz CT molecular complexity index is 908. The molecular formula is C19H23N3O3S. The molecule has 3 rings (SSSR count). The number of nitrogens with one attached hydrogen (secondary N) is 1. The molecule has 1 amide bonds. The summed E-state index contributed by atoms with van der Waals surface area (Å²) in [4.78, 5) is 14.6. The monoisotopic (exact) mass is 373 g/mol. The first-order valence-electron chi connectivity index (χ1n) is 8.45. The Morgan fingerprint density at radius 3 is 2.35 bits per heavy atom. The van der Waals surface area contributed by atoms with Crippen LogP contribution in [0.5, 0.6) is 0 Å². The summed E-state index contributed by atoms with van der Waals surface area (Å²) in [5.41, 5.74) is 2.51. The Kier molecular flexibility index (Phi) is 5.02. The molecule has 1 aliphatic heterocycles. The van der Waals surface area contributed by atoms with E-state index >= 15 is 0 Å². The third-order valence-electron chi connectivity index (χ3n) is 4.61. The van der Waals surface area contributed by atoms with Gasteiger partial charge in [-0.15, -0.1) is 0 Å². The second kappa shape index (κ2) is 7.09. The Labute approximate surface area is 154 Å². The van der Waals surface area contributed by atoms with Crippen LogP contribution in [-0.4, -0.2) is 45.8 Å². The normalized spacial score (nSPS) is 18.4. The van der Waals surface area contributed by atoms with Gasteiger partial charge in [-0.1, -0.05) is 24.3 Å². The Hall–Kier alpha value is -2.38. The van der Waals surface area contributed by atoms with Crippen LogP contribution in [0.4, 0.5) is 5.69 Å². The highest BCUT2D eigenvalue weighted by Gasteiger charge is 2.40. The molecule has 1 N–H and O–H groups in total. The van der Waals surface area contributed by atoms with E-state index < -0.39 is 16.1 Å². The van der Waals surface area contributed by atoms with Crippen LogP contribution < -0.4 is 10.2 Å². The predicted molar refractivity (Wildman–Crippen MR) is 102 cm³/mol. The topological polar surface area (TPSA) is 69.7 Å². The lowest BCUT2D eigenvalue weighted by atomic mass is 9.99. The SMILES string of the molecule is Cc1ccccc1C1C(=O)NCCN1S(=O)(=O)c1ccc(N(C)C)cc1. The largest absolute Gasteiger partial charge is 0.378 e. The summed E-state index contributed by atoms with van der Waals surface area (Å²) in [5, 5.41) is 2.78. The van der Waals surface area contributed by atoms with Crippen molar-refractivity contribution in [2.45, 2.75) is 17.9 Å². The standard InChI is InChI=1S/C19H23N3O3S/c1-14-6-4-5-7-17(14)18-19(23)20-12-13-22(18)26(24,25)16-10-8-15(9-11-16)21(2)3/h4-11,18H,12-13H2,1-3H3,(H,20,23). The van der Waals surface area contributed by atoms with Crippen molar-refractivity contribution in [3.05, 3.63) is 59.7 Å². The van der Waals surface area contributed by atoms with Crippen molar-refractivity contribution in [2.24, 2.45) is 0 Å². The average Bonchev–Trinajstić information content (AvgIpc) is 2.62. The van der Waals surface area contributed by atoms with Gasteiger partial charge in [-0.2, -0.15) is 4.31 Å². The van der Waals surface area contributed by atoms with Gasteiger partial charge in [-0.3, -0.25) is 4.79 Å². The van der Waals surface area contributed by atoms with Gasteiger partial charge in [0.15, 0.2) is 0 Å². The summed E-state index contributed by atoms with van der Waals surface area (Å²) in [6.07, 6.45) is 0. The Morgan fingerprint density at radius 1 is 1.08 bits per heavy atom. The molecule has 2 aromatic carbocycles. The van der Waals surface area contributed by atoms with Gasteiger partial charge in [0, 0.05) is 32.9 Å². The molecule has 1 aliphatic rings. The highest BCUT2D eigenvalue weighted by Crippen LogP contribution is 2.31. The zero-order chi connectivity index (χ0) is 18.9. The van der Waals surface area contributed by atoms with E-state index in [9.17, 15) is 13.2 Å². The van der Waals surface area contributed by atoms with Gasteiger partial charge >= 0.3 is 0 Å². The van der Waals surface area contributed by atoms with Crippen molar-refractivity contribution in [1.82, 2.24) is 9.62 Å². The van der Waals surface area contributed by atoms with Crippen LogP contribution in [0.1, 0.15) is 17.2 Å². The van der Waals surface area contributed by atoms with E-state index in [2.05, 4.69) is 5.32 Å². The highest BCUT2D eigenvalue weighted by molar-refractivity contribution is 7.89.